The zero-order valence-corrected chi connectivity index (χ0v) is 23.6. The van der Waals surface area contributed by atoms with Crippen molar-refractivity contribution in [2.24, 2.45) is 0 Å². The summed E-state index contributed by atoms with van der Waals surface area (Å²) < 4.78 is 2.48. The minimum atomic E-state index is 0.860. The Kier molecular flexibility index (Phi) is 5.30. The average molecular weight is 549 g/mol. The fraction of sp³-hybridized carbons (Fsp3) is 0.0244. The molecule has 1 N–H and O–H groups in total. The van der Waals surface area contributed by atoms with Crippen LogP contribution in [0.5, 0.6) is 0 Å². The van der Waals surface area contributed by atoms with Gasteiger partial charge in [-0.15, -0.1) is 0 Å². The van der Waals surface area contributed by atoms with E-state index in [0.29, 0.717) is 0 Å². The van der Waals surface area contributed by atoms with E-state index in [-0.39, 0.29) is 0 Å². The number of rotatable bonds is 3. The highest BCUT2D eigenvalue weighted by Crippen LogP contribution is 2.39. The first-order valence-corrected chi connectivity index (χ1v) is 14.9. The molecule has 202 valence electrons. The average Bonchev–Trinajstić information content (AvgIpc) is 3.42. The van der Waals surface area contributed by atoms with Gasteiger partial charge in [-0.3, -0.25) is 0 Å². The molecule has 0 bridgehead atoms. The van der Waals surface area contributed by atoms with Gasteiger partial charge in [0, 0.05) is 34.1 Å². The largest absolute Gasteiger partial charge is 0.381 e. The van der Waals surface area contributed by atoms with Crippen LogP contribution in [0.1, 0.15) is 5.56 Å². The molecule has 7 aromatic carbocycles. The second-order valence-corrected chi connectivity index (χ2v) is 11.4. The summed E-state index contributed by atoms with van der Waals surface area (Å²) >= 11 is 0. The molecule has 2 nitrogen and oxygen atoms in total. The van der Waals surface area contributed by atoms with Crippen LogP contribution in [0.3, 0.4) is 0 Å². The summed E-state index contributed by atoms with van der Waals surface area (Å²) in [5.41, 5.74) is 8.46. The van der Waals surface area contributed by atoms with E-state index in [4.69, 9.17) is 0 Å². The van der Waals surface area contributed by atoms with E-state index in [9.17, 15) is 0 Å². The SMILES string of the molecule is C1=CCNC(c2ccc3c(ccc4c5ccc(-c6ccc7ccccc7c6)cc5n(-c5ccc6ccccc6c5)c34)c2)=C1. The fourth-order valence-corrected chi connectivity index (χ4v) is 6.79. The van der Waals surface area contributed by atoms with Gasteiger partial charge in [-0.1, -0.05) is 115 Å². The first-order valence-electron chi connectivity index (χ1n) is 14.9. The number of nitrogens with zero attached hydrogens (tertiary/aromatic N) is 1. The molecule has 1 aliphatic heterocycles. The van der Waals surface area contributed by atoms with Crippen molar-refractivity contribution in [2.45, 2.75) is 0 Å². The summed E-state index contributed by atoms with van der Waals surface area (Å²) in [6.45, 7) is 0.860. The van der Waals surface area contributed by atoms with Crippen LogP contribution in [0.4, 0.5) is 0 Å². The van der Waals surface area contributed by atoms with Gasteiger partial charge in [-0.05, 0) is 80.0 Å². The molecule has 0 fully saturated rings. The number of hydrogen-bond acceptors (Lipinski definition) is 1. The molecule has 1 aliphatic rings. The van der Waals surface area contributed by atoms with E-state index >= 15 is 0 Å². The number of benzene rings is 7. The van der Waals surface area contributed by atoms with Crippen LogP contribution in [0.25, 0.3) is 76.6 Å². The quantitative estimate of drug-likeness (QED) is 0.232. The molecule has 0 radical (unpaired) electrons. The molecule has 0 atom stereocenters. The Morgan fingerprint density at radius 1 is 0.488 bits per heavy atom. The lowest BCUT2D eigenvalue weighted by molar-refractivity contribution is 0.996. The van der Waals surface area contributed by atoms with Gasteiger partial charge in [0.25, 0.3) is 0 Å². The van der Waals surface area contributed by atoms with E-state index in [0.717, 1.165) is 6.54 Å². The minimum Gasteiger partial charge on any atom is -0.381 e. The lowest BCUT2D eigenvalue weighted by Gasteiger charge is -2.14. The molecule has 0 aliphatic carbocycles. The van der Waals surface area contributed by atoms with Crippen LogP contribution in [0.15, 0.2) is 152 Å². The molecular weight excluding hydrogens is 520 g/mol. The molecular formula is C41H28N2. The third-order valence-corrected chi connectivity index (χ3v) is 8.94. The van der Waals surface area contributed by atoms with Crippen molar-refractivity contribution in [1.82, 2.24) is 9.88 Å². The molecule has 0 saturated heterocycles. The number of allylic oxidation sites excluding steroid dienone is 2. The van der Waals surface area contributed by atoms with Crippen LogP contribution in [0, 0.1) is 0 Å². The Labute approximate surface area is 249 Å². The Morgan fingerprint density at radius 2 is 1.12 bits per heavy atom. The monoisotopic (exact) mass is 548 g/mol. The number of hydrogen-bond donors (Lipinski definition) is 1. The van der Waals surface area contributed by atoms with Crippen molar-refractivity contribution in [1.29, 1.82) is 0 Å². The van der Waals surface area contributed by atoms with E-state index in [1.807, 2.05) is 0 Å². The maximum absolute atomic E-state index is 3.51. The molecule has 43 heavy (non-hydrogen) atoms. The fourth-order valence-electron chi connectivity index (χ4n) is 6.79. The predicted molar refractivity (Wildman–Crippen MR) is 184 cm³/mol. The lowest BCUT2D eigenvalue weighted by atomic mass is 9.99. The standard InChI is InChI=1S/C41H28N2/c1-3-9-29-23-31(13-12-27(29)7-1)32-15-20-37-38-21-16-33-24-34(39-11-5-6-22-42-39)17-19-36(33)41(38)43(40(37)26-32)35-18-14-28-8-2-4-10-30(28)25-35/h1-21,23-26,42H,22H2. The number of nitrogens with one attached hydrogen (secondary N) is 1. The summed E-state index contributed by atoms with van der Waals surface area (Å²) in [7, 11) is 0. The summed E-state index contributed by atoms with van der Waals surface area (Å²) in [4.78, 5) is 0. The Bertz CT molecular complexity index is 2460. The zero-order valence-electron chi connectivity index (χ0n) is 23.6. The highest BCUT2D eigenvalue weighted by Gasteiger charge is 2.17. The van der Waals surface area contributed by atoms with E-state index in [2.05, 4.69) is 162 Å². The maximum Gasteiger partial charge on any atom is 0.0619 e. The molecule has 0 spiro atoms. The van der Waals surface area contributed by atoms with Crippen molar-refractivity contribution in [3.63, 3.8) is 0 Å². The second-order valence-electron chi connectivity index (χ2n) is 11.4. The van der Waals surface area contributed by atoms with Gasteiger partial charge in [0.15, 0.2) is 0 Å². The van der Waals surface area contributed by atoms with E-state index < -0.39 is 0 Å². The number of aromatic nitrogens is 1. The van der Waals surface area contributed by atoms with Crippen molar-refractivity contribution in [3.8, 4) is 16.8 Å². The van der Waals surface area contributed by atoms with Crippen molar-refractivity contribution in [2.75, 3.05) is 6.54 Å². The van der Waals surface area contributed by atoms with Crippen LogP contribution in [0.2, 0.25) is 0 Å². The van der Waals surface area contributed by atoms with E-state index in [1.54, 1.807) is 0 Å². The van der Waals surface area contributed by atoms with Gasteiger partial charge in [-0.25, -0.2) is 0 Å². The molecule has 8 aromatic rings. The van der Waals surface area contributed by atoms with Crippen molar-refractivity contribution >= 4 is 59.8 Å². The Balaban J connectivity index is 1.34. The third-order valence-electron chi connectivity index (χ3n) is 8.94. The van der Waals surface area contributed by atoms with Gasteiger partial charge in [0.1, 0.15) is 0 Å². The summed E-state index contributed by atoms with van der Waals surface area (Å²) in [6.07, 6.45) is 6.43. The molecule has 0 unspecified atom stereocenters. The van der Waals surface area contributed by atoms with Gasteiger partial charge in [-0.2, -0.15) is 0 Å². The van der Waals surface area contributed by atoms with Crippen molar-refractivity contribution < 1.29 is 0 Å². The molecule has 2 heteroatoms. The van der Waals surface area contributed by atoms with Gasteiger partial charge in [0.05, 0.1) is 11.0 Å². The summed E-state index contributed by atoms with van der Waals surface area (Å²) in [5.74, 6) is 0. The zero-order chi connectivity index (χ0) is 28.3. The van der Waals surface area contributed by atoms with Crippen LogP contribution in [-0.4, -0.2) is 11.1 Å². The lowest BCUT2D eigenvalue weighted by Crippen LogP contribution is -2.14. The first-order chi connectivity index (χ1) is 21.3. The molecule has 2 heterocycles. The van der Waals surface area contributed by atoms with Gasteiger partial charge >= 0.3 is 0 Å². The first kappa shape index (κ1) is 24.0. The molecule has 0 amide bonds. The summed E-state index contributed by atoms with van der Waals surface area (Å²) in [5, 5.41) is 13.6. The highest BCUT2D eigenvalue weighted by molar-refractivity contribution is 6.19. The van der Waals surface area contributed by atoms with E-state index in [1.165, 1.54) is 82.2 Å². The third kappa shape index (κ3) is 3.88. The number of fused-ring (bicyclic) bond motifs is 7. The molecule has 9 rings (SSSR count). The second kappa shape index (κ2) is 9.47. The minimum absolute atomic E-state index is 0.860. The maximum atomic E-state index is 3.51. The van der Waals surface area contributed by atoms with Crippen molar-refractivity contribution in [3.05, 3.63) is 157 Å². The topological polar surface area (TPSA) is 17.0 Å². The predicted octanol–water partition coefficient (Wildman–Crippen LogP) is 10.4. The highest BCUT2D eigenvalue weighted by atomic mass is 15.0. The normalized spacial score (nSPS) is 13.3. The molecule has 1 aromatic heterocycles. The Hall–Kier alpha value is -5.60. The van der Waals surface area contributed by atoms with Crippen LogP contribution < -0.4 is 5.32 Å². The van der Waals surface area contributed by atoms with Crippen LogP contribution in [-0.2, 0) is 0 Å². The smallest absolute Gasteiger partial charge is 0.0619 e. The summed E-state index contributed by atoms with van der Waals surface area (Å²) in [6, 6.07) is 49.2. The van der Waals surface area contributed by atoms with Crippen LogP contribution >= 0.6 is 0 Å². The number of dihydropyridines is 1. The Morgan fingerprint density at radius 3 is 1.93 bits per heavy atom. The molecule has 0 saturated carbocycles. The van der Waals surface area contributed by atoms with Gasteiger partial charge < -0.3 is 9.88 Å². The van der Waals surface area contributed by atoms with Gasteiger partial charge in [0.2, 0.25) is 0 Å².